The molecule has 6 heteroatoms. The molecule has 0 aromatic heterocycles. The van der Waals surface area contributed by atoms with Crippen LogP contribution >= 0.6 is 0 Å². The SMILES string of the molecule is CC(C)(C)OC(N)=O.CCCC.O=C(NC1CCCCC1)C(O)CCc1ccccc1. The summed E-state index contributed by atoms with van der Waals surface area (Å²) in [6, 6.07) is 10.2. The van der Waals surface area contributed by atoms with E-state index in [0.29, 0.717) is 6.42 Å². The zero-order valence-electron chi connectivity index (χ0n) is 20.2. The predicted molar refractivity (Wildman–Crippen MR) is 127 cm³/mol. The smallest absolute Gasteiger partial charge is 0.405 e. The molecule has 31 heavy (non-hydrogen) atoms. The number of hydrogen-bond acceptors (Lipinski definition) is 4. The van der Waals surface area contributed by atoms with E-state index in [9.17, 15) is 14.7 Å². The Labute approximate surface area is 188 Å². The molecule has 1 unspecified atom stereocenters. The van der Waals surface area contributed by atoms with Crippen LogP contribution in [0.25, 0.3) is 0 Å². The fourth-order valence-electron chi connectivity index (χ4n) is 2.93. The zero-order chi connectivity index (χ0) is 23.7. The van der Waals surface area contributed by atoms with Crippen LogP contribution in [-0.4, -0.2) is 34.9 Å². The summed E-state index contributed by atoms with van der Waals surface area (Å²) in [5.41, 5.74) is 5.42. The molecule has 1 aliphatic carbocycles. The second-order valence-electron chi connectivity index (χ2n) is 8.92. The number of primary amides is 1. The van der Waals surface area contributed by atoms with E-state index in [0.717, 1.165) is 24.8 Å². The van der Waals surface area contributed by atoms with E-state index in [1.54, 1.807) is 20.8 Å². The number of nitrogens with one attached hydrogen (secondary N) is 1. The van der Waals surface area contributed by atoms with Gasteiger partial charge in [-0.2, -0.15) is 0 Å². The number of unbranched alkanes of at least 4 members (excludes halogenated alkanes) is 1. The molecule has 2 rings (SSSR count). The average Bonchev–Trinajstić information content (AvgIpc) is 2.72. The van der Waals surface area contributed by atoms with Gasteiger partial charge >= 0.3 is 6.09 Å². The molecule has 1 saturated carbocycles. The Kier molecular flexibility index (Phi) is 15.5. The Hall–Kier alpha value is -2.08. The van der Waals surface area contributed by atoms with Crippen molar-refractivity contribution < 1.29 is 19.4 Å². The number of amides is 2. The minimum absolute atomic E-state index is 0.206. The molecule has 6 nitrogen and oxygen atoms in total. The molecule has 1 aromatic carbocycles. The van der Waals surface area contributed by atoms with E-state index in [4.69, 9.17) is 5.73 Å². The molecule has 1 aromatic rings. The van der Waals surface area contributed by atoms with Crippen molar-refractivity contribution in [2.75, 3.05) is 0 Å². The first-order valence-electron chi connectivity index (χ1n) is 11.6. The van der Waals surface area contributed by atoms with Crippen LogP contribution < -0.4 is 11.1 Å². The third-order valence-electron chi connectivity index (χ3n) is 4.71. The first-order valence-corrected chi connectivity index (χ1v) is 11.6. The Morgan fingerprint density at radius 2 is 1.65 bits per heavy atom. The summed E-state index contributed by atoms with van der Waals surface area (Å²) in [7, 11) is 0. The maximum Gasteiger partial charge on any atom is 0.405 e. The number of nitrogens with two attached hydrogens (primary N) is 1. The molecule has 4 N–H and O–H groups in total. The summed E-state index contributed by atoms with van der Waals surface area (Å²) in [5.74, 6) is -0.206. The molecule has 1 fully saturated rings. The number of hydrogen-bond donors (Lipinski definition) is 3. The lowest BCUT2D eigenvalue weighted by Gasteiger charge is -2.24. The van der Waals surface area contributed by atoms with Crippen molar-refractivity contribution >= 4 is 12.0 Å². The lowest BCUT2D eigenvalue weighted by molar-refractivity contribution is -0.130. The molecule has 0 saturated heterocycles. The van der Waals surface area contributed by atoms with Gasteiger partial charge in [0, 0.05) is 6.04 Å². The Morgan fingerprint density at radius 3 is 2.06 bits per heavy atom. The summed E-state index contributed by atoms with van der Waals surface area (Å²) in [4.78, 5) is 21.9. The highest BCUT2D eigenvalue weighted by Gasteiger charge is 2.20. The molecule has 2 amide bonds. The second kappa shape index (κ2) is 16.6. The minimum atomic E-state index is -0.887. The number of aliphatic hydroxyl groups is 1. The Morgan fingerprint density at radius 1 is 1.10 bits per heavy atom. The van der Waals surface area contributed by atoms with Gasteiger partial charge in [-0.25, -0.2) is 4.79 Å². The van der Waals surface area contributed by atoms with E-state index in [2.05, 4.69) is 23.9 Å². The first kappa shape index (κ1) is 28.9. The number of aliphatic hydroxyl groups excluding tert-OH is 1. The van der Waals surface area contributed by atoms with Gasteiger partial charge in [0.15, 0.2) is 0 Å². The number of benzene rings is 1. The molecule has 1 aliphatic rings. The molecule has 0 radical (unpaired) electrons. The van der Waals surface area contributed by atoms with E-state index in [1.165, 1.54) is 32.1 Å². The Bertz CT molecular complexity index is 591. The first-order chi connectivity index (χ1) is 14.6. The highest BCUT2D eigenvalue weighted by molar-refractivity contribution is 5.80. The van der Waals surface area contributed by atoms with Crippen LogP contribution in [0.5, 0.6) is 0 Å². The van der Waals surface area contributed by atoms with Crippen molar-refractivity contribution in [1.29, 1.82) is 0 Å². The standard InChI is InChI=1S/C16H23NO2.C5H11NO2.C4H10/c18-15(12-11-13-7-3-1-4-8-13)16(19)17-14-9-5-2-6-10-14;1-5(2,3)8-4(6)7;1-3-4-2/h1,3-4,7-8,14-15,18H,2,5-6,9-12H2,(H,17,19);1-3H3,(H2,6,7);3-4H2,1-2H3. The van der Waals surface area contributed by atoms with E-state index in [-0.39, 0.29) is 11.9 Å². The third kappa shape index (κ3) is 17.3. The van der Waals surface area contributed by atoms with Crippen molar-refractivity contribution in [2.24, 2.45) is 5.73 Å². The highest BCUT2D eigenvalue weighted by Crippen LogP contribution is 2.17. The van der Waals surface area contributed by atoms with Gasteiger partial charge < -0.3 is 20.9 Å². The van der Waals surface area contributed by atoms with Gasteiger partial charge in [0.25, 0.3) is 0 Å². The molecule has 0 spiro atoms. The van der Waals surface area contributed by atoms with Crippen molar-refractivity contribution in [3.8, 4) is 0 Å². The van der Waals surface area contributed by atoms with Crippen molar-refractivity contribution in [2.45, 2.75) is 110 Å². The summed E-state index contributed by atoms with van der Waals surface area (Å²) < 4.78 is 4.58. The largest absolute Gasteiger partial charge is 0.444 e. The molecular formula is C25H44N2O4. The van der Waals surface area contributed by atoms with Gasteiger partial charge in [-0.05, 0) is 52.0 Å². The fraction of sp³-hybridized carbons (Fsp3) is 0.680. The number of rotatable bonds is 6. The molecule has 178 valence electrons. The molecular weight excluding hydrogens is 392 g/mol. The normalized spacial score (nSPS) is 14.8. The van der Waals surface area contributed by atoms with Crippen LogP contribution in [0.4, 0.5) is 4.79 Å². The van der Waals surface area contributed by atoms with Crippen LogP contribution in [-0.2, 0) is 16.0 Å². The van der Waals surface area contributed by atoms with Crippen LogP contribution in [0.3, 0.4) is 0 Å². The summed E-state index contributed by atoms with van der Waals surface area (Å²) in [6.07, 6.45) is 8.00. The van der Waals surface area contributed by atoms with Gasteiger partial charge in [0.05, 0.1) is 0 Å². The van der Waals surface area contributed by atoms with E-state index < -0.39 is 17.8 Å². The maximum atomic E-state index is 11.9. The van der Waals surface area contributed by atoms with Gasteiger partial charge in [0.1, 0.15) is 11.7 Å². The molecule has 0 aliphatic heterocycles. The predicted octanol–water partition coefficient (Wildman–Crippen LogP) is 5.12. The molecule has 0 bridgehead atoms. The third-order valence-corrected chi connectivity index (χ3v) is 4.71. The lowest BCUT2D eigenvalue weighted by atomic mass is 9.95. The summed E-state index contributed by atoms with van der Waals surface area (Å²) >= 11 is 0. The number of carbonyl (C=O) groups is 2. The van der Waals surface area contributed by atoms with E-state index in [1.807, 2.05) is 30.3 Å². The highest BCUT2D eigenvalue weighted by atomic mass is 16.6. The van der Waals surface area contributed by atoms with Crippen LogP contribution in [0.15, 0.2) is 30.3 Å². The minimum Gasteiger partial charge on any atom is -0.444 e. The molecule has 0 heterocycles. The van der Waals surface area contributed by atoms with Gasteiger partial charge in [-0.1, -0.05) is 76.3 Å². The van der Waals surface area contributed by atoms with Crippen LogP contribution in [0.1, 0.15) is 91.5 Å². The van der Waals surface area contributed by atoms with Crippen molar-refractivity contribution in [3.63, 3.8) is 0 Å². The average molecular weight is 437 g/mol. The monoisotopic (exact) mass is 436 g/mol. The van der Waals surface area contributed by atoms with Crippen LogP contribution in [0, 0.1) is 0 Å². The maximum absolute atomic E-state index is 11.9. The van der Waals surface area contributed by atoms with Gasteiger partial charge in [0.2, 0.25) is 5.91 Å². The van der Waals surface area contributed by atoms with E-state index >= 15 is 0 Å². The lowest BCUT2D eigenvalue weighted by Crippen LogP contribution is -2.42. The second-order valence-corrected chi connectivity index (χ2v) is 8.92. The fourth-order valence-corrected chi connectivity index (χ4v) is 2.93. The van der Waals surface area contributed by atoms with Crippen molar-refractivity contribution in [1.82, 2.24) is 5.32 Å². The van der Waals surface area contributed by atoms with Crippen LogP contribution in [0.2, 0.25) is 0 Å². The summed E-state index contributed by atoms with van der Waals surface area (Å²) in [5, 5.41) is 12.9. The quantitative estimate of drug-likeness (QED) is 0.576. The van der Waals surface area contributed by atoms with Gasteiger partial charge in [-0.15, -0.1) is 0 Å². The van der Waals surface area contributed by atoms with Crippen molar-refractivity contribution in [3.05, 3.63) is 35.9 Å². The number of aryl methyl sites for hydroxylation is 1. The molecule has 1 atom stereocenters. The summed E-state index contributed by atoms with van der Waals surface area (Å²) in [6.45, 7) is 9.65. The zero-order valence-corrected chi connectivity index (χ0v) is 20.2. The topological polar surface area (TPSA) is 102 Å². The van der Waals surface area contributed by atoms with Gasteiger partial charge in [-0.3, -0.25) is 4.79 Å². The Balaban J connectivity index is 0.000000625. The number of carbonyl (C=O) groups excluding carboxylic acids is 2. The number of ether oxygens (including phenoxy) is 1.